The monoisotopic (exact) mass is 278 g/mol. The molecule has 2 aromatic rings. The van der Waals surface area contributed by atoms with Crippen molar-refractivity contribution in [1.82, 2.24) is 10.3 Å². The lowest BCUT2D eigenvalue weighted by Crippen LogP contribution is -2.24. The number of amides is 1. The Labute approximate surface area is 115 Å². The van der Waals surface area contributed by atoms with E-state index in [1.165, 1.54) is 12.1 Å². The number of nitrogens with zero attached hydrogens (tertiary/aromatic N) is 1. The molecule has 0 atom stereocenters. The number of aryl methyl sites for hydroxylation is 2. The maximum atomic E-state index is 12.7. The van der Waals surface area contributed by atoms with Crippen LogP contribution in [0.25, 0.3) is 0 Å². The van der Waals surface area contributed by atoms with Gasteiger partial charge >= 0.3 is 0 Å². The molecular weight excluding hydrogens is 263 g/mol. The minimum absolute atomic E-state index is 0.0453. The van der Waals surface area contributed by atoms with Crippen LogP contribution in [0.2, 0.25) is 0 Å². The summed E-state index contributed by atoms with van der Waals surface area (Å²) in [5, 5.41) is 3.79. The molecule has 0 saturated carbocycles. The molecule has 0 fully saturated rings. The van der Waals surface area contributed by atoms with E-state index in [-0.39, 0.29) is 11.7 Å². The van der Waals surface area contributed by atoms with E-state index in [1.807, 2.05) is 13.8 Å². The molecule has 100 valence electrons. The third-order valence-corrected chi connectivity index (χ3v) is 3.80. The quantitative estimate of drug-likeness (QED) is 0.934. The van der Waals surface area contributed by atoms with Crippen molar-refractivity contribution in [2.75, 3.05) is 0 Å². The summed E-state index contributed by atoms with van der Waals surface area (Å²) in [6.45, 7) is 4.25. The molecule has 0 unspecified atom stereocenters. The van der Waals surface area contributed by atoms with Crippen LogP contribution in [0, 0.1) is 19.7 Å². The Bertz CT molecular complexity index is 578. The van der Waals surface area contributed by atoms with Gasteiger partial charge in [0.2, 0.25) is 5.91 Å². The minimum atomic E-state index is -0.272. The number of thiazole rings is 1. The van der Waals surface area contributed by atoms with Crippen LogP contribution in [-0.4, -0.2) is 10.9 Å². The summed E-state index contributed by atoms with van der Waals surface area (Å²) in [4.78, 5) is 17.1. The molecule has 0 spiro atoms. The van der Waals surface area contributed by atoms with Crippen LogP contribution in [-0.2, 0) is 17.8 Å². The fourth-order valence-corrected chi connectivity index (χ4v) is 2.68. The summed E-state index contributed by atoms with van der Waals surface area (Å²) in [6.07, 6.45) is 0.346. The third kappa shape index (κ3) is 3.86. The summed E-state index contributed by atoms with van der Waals surface area (Å²) in [5.41, 5.74) is 1.80. The molecule has 0 aliphatic carbocycles. The number of hydrogen-bond donors (Lipinski definition) is 1. The SMILES string of the molecule is Cc1nc(C)c(CC(=O)NCc2ccc(F)cc2)s1. The zero-order valence-electron chi connectivity index (χ0n) is 10.9. The molecule has 1 N–H and O–H groups in total. The van der Waals surface area contributed by atoms with Crippen LogP contribution in [0.5, 0.6) is 0 Å². The first-order chi connectivity index (χ1) is 9.04. The zero-order chi connectivity index (χ0) is 13.8. The van der Waals surface area contributed by atoms with Gasteiger partial charge in [0.1, 0.15) is 5.82 Å². The average molecular weight is 278 g/mol. The van der Waals surface area contributed by atoms with E-state index in [9.17, 15) is 9.18 Å². The second kappa shape index (κ2) is 5.93. The van der Waals surface area contributed by atoms with Gasteiger partial charge < -0.3 is 5.32 Å². The lowest BCUT2D eigenvalue weighted by atomic mass is 10.2. The predicted octanol–water partition coefficient (Wildman–Crippen LogP) is 2.76. The molecule has 2 rings (SSSR count). The summed E-state index contributed by atoms with van der Waals surface area (Å²) in [5.74, 6) is -0.318. The number of aromatic nitrogens is 1. The zero-order valence-corrected chi connectivity index (χ0v) is 11.7. The normalized spacial score (nSPS) is 10.5. The molecule has 0 aliphatic rings. The van der Waals surface area contributed by atoms with E-state index in [0.29, 0.717) is 13.0 Å². The Morgan fingerprint density at radius 1 is 1.32 bits per heavy atom. The van der Waals surface area contributed by atoms with E-state index in [0.717, 1.165) is 21.1 Å². The van der Waals surface area contributed by atoms with E-state index in [2.05, 4.69) is 10.3 Å². The van der Waals surface area contributed by atoms with Crippen LogP contribution in [0.15, 0.2) is 24.3 Å². The minimum Gasteiger partial charge on any atom is -0.352 e. The van der Waals surface area contributed by atoms with E-state index >= 15 is 0 Å². The van der Waals surface area contributed by atoms with Gasteiger partial charge in [-0.3, -0.25) is 4.79 Å². The molecule has 0 bridgehead atoms. The molecular formula is C14H15FN2OS. The van der Waals surface area contributed by atoms with Crippen LogP contribution < -0.4 is 5.32 Å². The standard InChI is InChI=1S/C14H15FN2OS/c1-9-13(19-10(2)17-9)7-14(18)16-8-11-3-5-12(15)6-4-11/h3-6H,7-8H2,1-2H3,(H,16,18). The fraction of sp³-hybridized carbons (Fsp3) is 0.286. The van der Waals surface area contributed by atoms with Gasteiger partial charge in [0.25, 0.3) is 0 Å². The number of rotatable bonds is 4. The summed E-state index contributed by atoms with van der Waals surface area (Å²) in [7, 11) is 0. The van der Waals surface area contributed by atoms with Crippen molar-refractivity contribution in [3.8, 4) is 0 Å². The number of halogens is 1. The summed E-state index contributed by atoms with van der Waals surface area (Å²) < 4.78 is 12.7. The Balaban J connectivity index is 1.88. The van der Waals surface area contributed by atoms with E-state index in [1.54, 1.807) is 23.5 Å². The van der Waals surface area contributed by atoms with Crippen molar-refractivity contribution in [3.63, 3.8) is 0 Å². The van der Waals surface area contributed by atoms with Gasteiger partial charge in [0, 0.05) is 11.4 Å². The summed E-state index contributed by atoms with van der Waals surface area (Å²) in [6, 6.07) is 6.10. The first kappa shape index (κ1) is 13.7. The van der Waals surface area contributed by atoms with E-state index < -0.39 is 0 Å². The van der Waals surface area contributed by atoms with Gasteiger partial charge in [0.05, 0.1) is 17.1 Å². The molecule has 19 heavy (non-hydrogen) atoms. The largest absolute Gasteiger partial charge is 0.352 e. The Morgan fingerprint density at radius 2 is 2.00 bits per heavy atom. The molecule has 3 nitrogen and oxygen atoms in total. The van der Waals surface area contributed by atoms with Crippen LogP contribution in [0.4, 0.5) is 4.39 Å². The molecule has 1 amide bonds. The molecule has 5 heteroatoms. The molecule has 0 radical (unpaired) electrons. The molecule has 1 aromatic carbocycles. The van der Waals surface area contributed by atoms with Gasteiger partial charge in [-0.05, 0) is 31.5 Å². The topological polar surface area (TPSA) is 42.0 Å². The highest BCUT2D eigenvalue weighted by Crippen LogP contribution is 2.17. The number of hydrogen-bond acceptors (Lipinski definition) is 3. The second-order valence-electron chi connectivity index (χ2n) is 4.32. The van der Waals surface area contributed by atoms with Crippen molar-refractivity contribution < 1.29 is 9.18 Å². The molecule has 0 saturated heterocycles. The lowest BCUT2D eigenvalue weighted by molar-refractivity contribution is -0.120. The predicted molar refractivity (Wildman–Crippen MR) is 73.5 cm³/mol. The van der Waals surface area contributed by atoms with Crippen LogP contribution in [0.1, 0.15) is 21.1 Å². The molecule has 1 aromatic heterocycles. The van der Waals surface area contributed by atoms with Crippen LogP contribution >= 0.6 is 11.3 Å². The second-order valence-corrected chi connectivity index (χ2v) is 5.61. The van der Waals surface area contributed by atoms with Gasteiger partial charge in [-0.15, -0.1) is 11.3 Å². The smallest absolute Gasteiger partial charge is 0.225 e. The average Bonchev–Trinajstić information content (AvgIpc) is 2.67. The highest BCUT2D eigenvalue weighted by Gasteiger charge is 2.09. The number of benzene rings is 1. The van der Waals surface area contributed by atoms with Gasteiger partial charge in [-0.1, -0.05) is 12.1 Å². The molecule has 1 heterocycles. The van der Waals surface area contributed by atoms with E-state index in [4.69, 9.17) is 0 Å². The van der Waals surface area contributed by atoms with Crippen molar-refractivity contribution in [3.05, 3.63) is 51.2 Å². The highest BCUT2D eigenvalue weighted by molar-refractivity contribution is 7.11. The Hall–Kier alpha value is -1.75. The van der Waals surface area contributed by atoms with Crippen molar-refractivity contribution in [2.45, 2.75) is 26.8 Å². The first-order valence-electron chi connectivity index (χ1n) is 5.98. The summed E-state index contributed by atoms with van der Waals surface area (Å²) >= 11 is 1.54. The van der Waals surface area contributed by atoms with Gasteiger partial charge in [-0.25, -0.2) is 9.37 Å². The van der Waals surface area contributed by atoms with Gasteiger partial charge in [-0.2, -0.15) is 0 Å². The van der Waals surface area contributed by atoms with Gasteiger partial charge in [0.15, 0.2) is 0 Å². The number of nitrogens with one attached hydrogen (secondary N) is 1. The first-order valence-corrected chi connectivity index (χ1v) is 6.80. The third-order valence-electron chi connectivity index (χ3n) is 2.72. The van der Waals surface area contributed by atoms with Crippen molar-refractivity contribution in [1.29, 1.82) is 0 Å². The lowest BCUT2D eigenvalue weighted by Gasteiger charge is -2.04. The Morgan fingerprint density at radius 3 is 2.58 bits per heavy atom. The Kier molecular flexibility index (Phi) is 4.27. The van der Waals surface area contributed by atoms with Crippen molar-refractivity contribution >= 4 is 17.2 Å². The maximum absolute atomic E-state index is 12.7. The number of carbonyl (C=O) groups is 1. The van der Waals surface area contributed by atoms with Crippen molar-refractivity contribution in [2.24, 2.45) is 0 Å². The number of carbonyl (C=O) groups excluding carboxylic acids is 1. The molecule has 0 aliphatic heterocycles. The fourth-order valence-electron chi connectivity index (χ4n) is 1.75. The maximum Gasteiger partial charge on any atom is 0.225 e. The van der Waals surface area contributed by atoms with Crippen LogP contribution in [0.3, 0.4) is 0 Å². The highest BCUT2D eigenvalue weighted by atomic mass is 32.1.